The molecule has 0 saturated heterocycles. The molecule has 0 spiro atoms. The number of alkyl halides is 1. The van der Waals surface area contributed by atoms with Crippen molar-refractivity contribution in [3.63, 3.8) is 0 Å². The van der Waals surface area contributed by atoms with Crippen LogP contribution in [0.1, 0.15) is 11.1 Å². The van der Waals surface area contributed by atoms with Crippen LogP contribution in [0.4, 0.5) is 0 Å². The van der Waals surface area contributed by atoms with Crippen LogP contribution in [0, 0.1) is 6.92 Å². The maximum atomic E-state index is 4.47. The first-order valence-corrected chi connectivity index (χ1v) is 6.74. The summed E-state index contributed by atoms with van der Waals surface area (Å²) >= 11 is 3.43. The zero-order chi connectivity index (χ0) is 12.5. The van der Waals surface area contributed by atoms with Gasteiger partial charge in [-0.3, -0.25) is 0 Å². The van der Waals surface area contributed by atoms with Crippen molar-refractivity contribution in [3.05, 3.63) is 47.7 Å². The molecule has 0 aliphatic carbocycles. The zero-order valence-electron chi connectivity index (χ0n) is 9.84. The molecule has 0 bridgehead atoms. The largest absolute Gasteiger partial charge is 0.236 e. The van der Waals surface area contributed by atoms with Gasteiger partial charge in [0.25, 0.3) is 0 Å². The lowest BCUT2D eigenvalue weighted by atomic mass is 10.2. The predicted molar refractivity (Wildman–Crippen MR) is 74.0 cm³/mol. The van der Waals surface area contributed by atoms with Crippen molar-refractivity contribution in [2.75, 3.05) is 0 Å². The number of nitrogens with zero attached hydrogens (tertiary/aromatic N) is 4. The molecule has 0 fully saturated rings. The molecule has 0 radical (unpaired) electrons. The Balaban J connectivity index is 2.20. The first-order valence-electron chi connectivity index (χ1n) is 5.62. The van der Waals surface area contributed by atoms with E-state index in [9.17, 15) is 0 Å². The van der Waals surface area contributed by atoms with E-state index in [-0.39, 0.29) is 0 Å². The van der Waals surface area contributed by atoms with Crippen LogP contribution < -0.4 is 0 Å². The average molecular weight is 303 g/mol. The molecule has 0 saturated carbocycles. The number of hydrogen-bond donors (Lipinski definition) is 0. The van der Waals surface area contributed by atoms with Gasteiger partial charge in [0.15, 0.2) is 5.82 Å². The Morgan fingerprint density at radius 1 is 1.28 bits per heavy atom. The predicted octanol–water partition coefficient (Wildman–Crippen LogP) is 3.02. The molecule has 0 amide bonds. The van der Waals surface area contributed by atoms with Gasteiger partial charge in [-0.1, -0.05) is 33.3 Å². The van der Waals surface area contributed by atoms with E-state index in [2.05, 4.69) is 37.3 Å². The molecule has 0 aliphatic heterocycles. The van der Waals surface area contributed by atoms with E-state index < -0.39 is 0 Å². The van der Waals surface area contributed by atoms with Crippen molar-refractivity contribution in [2.24, 2.45) is 0 Å². The van der Waals surface area contributed by atoms with Gasteiger partial charge < -0.3 is 0 Å². The van der Waals surface area contributed by atoms with E-state index in [1.165, 1.54) is 0 Å². The van der Waals surface area contributed by atoms with Crippen molar-refractivity contribution >= 4 is 27.0 Å². The second-order valence-corrected chi connectivity index (χ2v) is 4.67. The molecule has 0 atom stereocenters. The van der Waals surface area contributed by atoms with Gasteiger partial charge in [0.1, 0.15) is 5.52 Å². The fraction of sp³-hybridized carbons (Fsp3) is 0.154. The first kappa shape index (κ1) is 11.3. The molecule has 3 aromatic rings. The molecule has 2 aromatic heterocycles. The highest BCUT2D eigenvalue weighted by Crippen LogP contribution is 2.18. The minimum atomic E-state index is 0.805. The standard InChI is InChI=1S/C13H11BrN4/c1-9-6-10(7-14)8-15-13(9)18-12-5-3-2-4-11(12)16-17-18/h2-6,8H,7H2,1H3. The molecule has 2 heterocycles. The van der Waals surface area contributed by atoms with E-state index in [0.717, 1.165) is 33.3 Å². The number of pyridine rings is 1. The highest BCUT2D eigenvalue weighted by Gasteiger charge is 2.09. The van der Waals surface area contributed by atoms with Crippen LogP contribution in [0.25, 0.3) is 16.9 Å². The van der Waals surface area contributed by atoms with Crippen LogP contribution in [0.3, 0.4) is 0 Å². The number of halogens is 1. The summed E-state index contributed by atoms with van der Waals surface area (Å²) in [5.74, 6) is 0.827. The van der Waals surface area contributed by atoms with Gasteiger partial charge in [0, 0.05) is 11.5 Å². The molecular formula is C13H11BrN4. The second kappa shape index (κ2) is 4.49. The van der Waals surface area contributed by atoms with Crippen LogP contribution in [-0.4, -0.2) is 20.0 Å². The molecule has 0 unspecified atom stereocenters. The van der Waals surface area contributed by atoms with Gasteiger partial charge in [-0.15, -0.1) is 5.10 Å². The SMILES string of the molecule is Cc1cc(CBr)cnc1-n1nnc2ccccc21. The van der Waals surface area contributed by atoms with Crippen LogP contribution in [0.15, 0.2) is 36.5 Å². The van der Waals surface area contributed by atoms with Crippen molar-refractivity contribution in [1.82, 2.24) is 20.0 Å². The Morgan fingerprint density at radius 3 is 2.89 bits per heavy atom. The minimum Gasteiger partial charge on any atom is -0.236 e. The lowest BCUT2D eigenvalue weighted by molar-refractivity contribution is 0.794. The fourth-order valence-corrected chi connectivity index (χ4v) is 2.25. The van der Waals surface area contributed by atoms with E-state index >= 15 is 0 Å². The fourth-order valence-electron chi connectivity index (χ4n) is 1.95. The molecular weight excluding hydrogens is 292 g/mol. The quantitative estimate of drug-likeness (QED) is 0.684. The molecule has 1 aromatic carbocycles. The summed E-state index contributed by atoms with van der Waals surface area (Å²) in [6.45, 7) is 2.03. The molecule has 5 heteroatoms. The Morgan fingerprint density at radius 2 is 2.11 bits per heavy atom. The molecule has 0 N–H and O–H groups in total. The number of para-hydroxylation sites is 1. The van der Waals surface area contributed by atoms with Gasteiger partial charge in [-0.2, -0.15) is 4.68 Å². The van der Waals surface area contributed by atoms with E-state index in [1.807, 2.05) is 37.4 Å². The number of fused-ring (bicyclic) bond motifs is 1. The van der Waals surface area contributed by atoms with Crippen molar-refractivity contribution in [3.8, 4) is 5.82 Å². The lowest BCUT2D eigenvalue weighted by Gasteiger charge is -2.06. The molecule has 0 aliphatic rings. The van der Waals surface area contributed by atoms with Gasteiger partial charge >= 0.3 is 0 Å². The summed E-state index contributed by atoms with van der Waals surface area (Å²) < 4.78 is 1.78. The van der Waals surface area contributed by atoms with E-state index in [0.29, 0.717) is 0 Å². The van der Waals surface area contributed by atoms with Gasteiger partial charge in [0.05, 0.1) is 5.52 Å². The molecule has 90 valence electrons. The third kappa shape index (κ3) is 1.80. The highest BCUT2D eigenvalue weighted by atomic mass is 79.9. The van der Waals surface area contributed by atoms with Gasteiger partial charge in [0.2, 0.25) is 0 Å². The molecule has 4 nitrogen and oxygen atoms in total. The van der Waals surface area contributed by atoms with Crippen molar-refractivity contribution in [2.45, 2.75) is 12.3 Å². The summed E-state index contributed by atoms with van der Waals surface area (Å²) in [5.41, 5.74) is 4.09. The second-order valence-electron chi connectivity index (χ2n) is 4.11. The Hall–Kier alpha value is -1.75. The third-order valence-electron chi connectivity index (χ3n) is 2.81. The van der Waals surface area contributed by atoms with Gasteiger partial charge in [-0.25, -0.2) is 4.98 Å². The number of benzene rings is 1. The molecule has 18 heavy (non-hydrogen) atoms. The van der Waals surface area contributed by atoms with Crippen LogP contribution in [-0.2, 0) is 5.33 Å². The number of rotatable bonds is 2. The minimum absolute atomic E-state index is 0.805. The van der Waals surface area contributed by atoms with Crippen LogP contribution in [0.5, 0.6) is 0 Å². The number of aryl methyl sites for hydroxylation is 1. The highest BCUT2D eigenvalue weighted by molar-refractivity contribution is 9.08. The van der Waals surface area contributed by atoms with Crippen molar-refractivity contribution in [1.29, 1.82) is 0 Å². The van der Waals surface area contributed by atoms with Gasteiger partial charge in [-0.05, 0) is 36.2 Å². The first-order chi connectivity index (χ1) is 8.79. The van der Waals surface area contributed by atoms with E-state index in [1.54, 1.807) is 4.68 Å². The summed E-state index contributed by atoms with van der Waals surface area (Å²) in [5, 5.41) is 9.12. The summed E-state index contributed by atoms with van der Waals surface area (Å²) in [6.07, 6.45) is 1.85. The van der Waals surface area contributed by atoms with Crippen LogP contribution >= 0.6 is 15.9 Å². The van der Waals surface area contributed by atoms with Crippen molar-refractivity contribution < 1.29 is 0 Å². The summed E-state index contributed by atoms with van der Waals surface area (Å²) in [6, 6.07) is 9.98. The number of hydrogen-bond acceptors (Lipinski definition) is 3. The monoisotopic (exact) mass is 302 g/mol. The Kier molecular flexibility index (Phi) is 2.83. The van der Waals surface area contributed by atoms with E-state index in [4.69, 9.17) is 0 Å². The maximum absolute atomic E-state index is 4.47. The lowest BCUT2D eigenvalue weighted by Crippen LogP contribution is -2.03. The smallest absolute Gasteiger partial charge is 0.158 e. The summed E-state index contributed by atoms with van der Waals surface area (Å²) in [7, 11) is 0. The molecule has 3 rings (SSSR count). The summed E-state index contributed by atoms with van der Waals surface area (Å²) in [4.78, 5) is 4.47. The Bertz CT molecular complexity index is 705. The topological polar surface area (TPSA) is 43.6 Å². The number of aromatic nitrogens is 4. The zero-order valence-corrected chi connectivity index (χ0v) is 11.4. The normalized spacial score (nSPS) is 11.0. The maximum Gasteiger partial charge on any atom is 0.158 e. The third-order valence-corrected chi connectivity index (χ3v) is 3.46. The average Bonchev–Trinajstić information content (AvgIpc) is 2.82. The van der Waals surface area contributed by atoms with Crippen LogP contribution in [0.2, 0.25) is 0 Å². The Labute approximate surface area is 113 Å².